The lowest BCUT2D eigenvalue weighted by molar-refractivity contribution is 0.0948. The fourth-order valence-electron chi connectivity index (χ4n) is 3.53. The molecule has 0 atom stereocenters. The van der Waals surface area contributed by atoms with Crippen LogP contribution in [-0.2, 0) is 6.42 Å². The summed E-state index contributed by atoms with van der Waals surface area (Å²) in [5.74, 6) is -0.186. The Morgan fingerprint density at radius 3 is 2.37 bits per heavy atom. The molecule has 0 saturated heterocycles. The minimum Gasteiger partial charge on any atom is -0.350 e. The van der Waals surface area contributed by atoms with Crippen molar-refractivity contribution in [2.45, 2.75) is 41.0 Å². The Morgan fingerprint density at radius 1 is 1.00 bits per heavy atom. The fraction of sp³-hybridized carbons (Fsp3) is 0.318. The van der Waals surface area contributed by atoms with Crippen LogP contribution in [0.25, 0.3) is 5.69 Å². The lowest BCUT2D eigenvalue weighted by atomic mass is 9.97. The van der Waals surface area contributed by atoms with Crippen molar-refractivity contribution in [1.29, 1.82) is 0 Å². The summed E-state index contributed by atoms with van der Waals surface area (Å²) in [5, 5.41) is 11.2. The first-order valence-electron chi connectivity index (χ1n) is 9.21. The molecule has 0 spiro atoms. The number of aryl methyl sites for hydroxylation is 4. The summed E-state index contributed by atoms with van der Waals surface area (Å²) < 4.78 is 1.70. The Bertz CT molecular complexity index is 965. The molecule has 3 aromatic rings. The fourth-order valence-corrected chi connectivity index (χ4v) is 3.53. The van der Waals surface area contributed by atoms with Crippen LogP contribution >= 0.6 is 0 Å². The number of carbonyl (C=O) groups excluding carboxylic acids is 1. The zero-order valence-electron chi connectivity index (χ0n) is 16.6. The summed E-state index contributed by atoms with van der Waals surface area (Å²) in [6, 6.07) is 12.3. The van der Waals surface area contributed by atoms with Gasteiger partial charge in [0.05, 0.1) is 11.4 Å². The SMILES string of the molecule is Cc1cccc(-n2nnc(C(=O)NCCc3c(C)cc(C)cc3C)c2C)c1. The van der Waals surface area contributed by atoms with E-state index in [1.165, 1.54) is 22.3 Å². The maximum Gasteiger partial charge on any atom is 0.273 e. The van der Waals surface area contributed by atoms with Gasteiger partial charge in [-0.2, -0.15) is 0 Å². The van der Waals surface area contributed by atoms with Crippen LogP contribution < -0.4 is 5.32 Å². The van der Waals surface area contributed by atoms with Crippen molar-refractivity contribution in [3.8, 4) is 5.69 Å². The summed E-state index contributed by atoms with van der Waals surface area (Å²) in [7, 11) is 0. The number of hydrogen-bond donors (Lipinski definition) is 1. The number of nitrogens with zero attached hydrogens (tertiary/aromatic N) is 3. The van der Waals surface area contributed by atoms with Crippen molar-refractivity contribution in [2.75, 3.05) is 6.54 Å². The molecule has 0 radical (unpaired) electrons. The number of aromatic nitrogens is 3. The molecule has 0 bridgehead atoms. The van der Waals surface area contributed by atoms with Gasteiger partial charge in [0.15, 0.2) is 5.69 Å². The minimum atomic E-state index is -0.186. The summed E-state index contributed by atoms with van der Waals surface area (Å²) in [6.07, 6.45) is 0.800. The molecule has 0 aliphatic carbocycles. The van der Waals surface area contributed by atoms with E-state index < -0.39 is 0 Å². The highest BCUT2D eigenvalue weighted by atomic mass is 16.2. The van der Waals surface area contributed by atoms with Crippen molar-refractivity contribution < 1.29 is 4.79 Å². The van der Waals surface area contributed by atoms with Gasteiger partial charge in [0.25, 0.3) is 5.91 Å². The predicted octanol–water partition coefficient (Wildman–Crippen LogP) is 3.78. The number of rotatable bonds is 5. The number of hydrogen-bond acceptors (Lipinski definition) is 3. The van der Waals surface area contributed by atoms with Crippen LogP contribution in [0.1, 0.15) is 44.0 Å². The van der Waals surface area contributed by atoms with Gasteiger partial charge in [0.2, 0.25) is 0 Å². The molecule has 140 valence electrons. The van der Waals surface area contributed by atoms with Crippen LogP contribution in [0.4, 0.5) is 0 Å². The lowest BCUT2D eigenvalue weighted by Crippen LogP contribution is -2.27. The molecule has 0 fully saturated rings. The number of nitrogens with one attached hydrogen (secondary N) is 1. The van der Waals surface area contributed by atoms with Crippen molar-refractivity contribution in [2.24, 2.45) is 0 Å². The Labute approximate surface area is 160 Å². The van der Waals surface area contributed by atoms with Gasteiger partial charge >= 0.3 is 0 Å². The molecule has 1 aromatic heterocycles. The largest absolute Gasteiger partial charge is 0.350 e. The third-order valence-corrected chi connectivity index (χ3v) is 4.86. The Morgan fingerprint density at radius 2 is 1.70 bits per heavy atom. The van der Waals surface area contributed by atoms with Crippen molar-refractivity contribution >= 4 is 5.91 Å². The highest BCUT2D eigenvalue weighted by Crippen LogP contribution is 2.17. The molecule has 5 nitrogen and oxygen atoms in total. The Kier molecular flexibility index (Phi) is 5.40. The van der Waals surface area contributed by atoms with E-state index in [4.69, 9.17) is 0 Å². The molecule has 5 heteroatoms. The van der Waals surface area contributed by atoms with Gasteiger partial charge < -0.3 is 5.32 Å². The molecule has 3 rings (SSSR count). The molecule has 27 heavy (non-hydrogen) atoms. The van der Waals surface area contributed by atoms with Crippen molar-refractivity contribution in [3.63, 3.8) is 0 Å². The number of amides is 1. The second-order valence-electron chi connectivity index (χ2n) is 7.16. The van der Waals surface area contributed by atoms with E-state index in [2.05, 4.69) is 48.5 Å². The average molecular weight is 362 g/mol. The summed E-state index contributed by atoms with van der Waals surface area (Å²) in [6.45, 7) is 10.8. The van der Waals surface area contributed by atoms with Crippen LogP contribution in [0.3, 0.4) is 0 Å². The van der Waals surface area contributed by atoms with E-state index in [1.807, 2.05) is 38.1 Å². The standard InChI is InChI=1S/C22H26N4O/c1-14-7-6-8-19(13-14)26-18(5)21(24-25-26)22(27)23-10-9-20-16(3)11-15(2)12-17(20)4/h6-8,11-13H,9-10H2,1-5H3,(H,23,27). The molecule has 0 aliphatic rings. The second kappa shape index (κ2) is 7.74. The van der Waals surface area contributed by atoms with Crippen LogP contribution in [0.5, 0.6) is 0 Å². The minimum absolute atomic E-state index is 0.186. The number of benzene rings is 2. The highest BCUT2D eigenvalue weighted by Gasteiger charge is 2.17. The first-order valence-corrected chi connectivity index (χ1v) is 9.21. The quantitative estimate of drug-likeness (QED) is 0.751. The molecular formula is C22H26N4O. The third-order valence-electron chi connectivity index (χ3n) is 4.86. The van der Waals surface area contributed by atoms with Gasteiger partial charge in [-0.05, 0) is 75.4 Å². The molecular weight excluding hydrogens is 336 g/mol. The van der Waals surface area contributed by atoms with E-state index in [1.54, 1.807) is 4.68 Å². The van der Waals surface area contributed by atoms with Crippen LogP contribution in [0, 0.1) is 34.6 Å². The highest BCUT2D eigenvalue weighted by molar-refractivity contribution is 5.93. The summed E-state index contributed by atoms with van der Waals surface area (Å²) >= 11 is 0. The molecule has 2 aromatic carbocycles. The van der Waals surface area contributed by atoms with Crippen LogP contribution in [0.2, 0.25) is 0 Å². The summed E-state index contributed by atoms with van der Waals surface area (Å²) in [5.41, 5.74) is 8.24. The van der Waals surface area contributed by atoms with Gasteiger partial charge in [-0.15, -0.1) is 5.10 Å². The topological polar surface area (TPSA) is 59.8 Å². The average Bonchev–Trinajstić information content (AvgIpc) is 2.98. The molecule has 0 saturated carbocycles. The van der Waals surface area contributed by atoms with Gasteiger partial charge in [-0.1, -0.05) is 35.0 Å². The second-order valence-corrected chi connectivity index (χ2v) is 7.16. The van der Waals surface area contributed by atoms with Crippen molar-refractivity contribution in [3.05, 3.63) is 75.6 Å². The van der Waals surface area contributed by atoms with E-state index in [-0.39, 0.29) is 5.91 Å². The van der Waals surface area contributed by atoms with Gasteiger partial charge in [-0.3, -0.25) is 4.79 Å². The monoisotopic (exact) mass is 362 g/mol. The van der Waals surface area contributed by atoms with Gasteiger partial charge in [-0.25, -0.2) is 4.68 Å². The maximum atomic E-state index is 12.6. The Hall–Kier alpha value is -2.95. The third kappa shape index (κ3) is 4.08. The smallest absolute Gasteiger partial charge is 0.273 e. The van der Waals surface area contributed by atoms with E-state index in [0.29, 0.717) is 12.2 Å². The van der Waals surface area contributed by atoms with Crippen LogP contribution in [0.15, 0.2) is 36.4 Å². The number of carbonyl (C=O) groups is 1. The molecule has 0 aliphatic heterocycles. The van der Waals surface area contributed by atoms with E-state index >= 15 is 0 Å². The van der Waals surface area contributed by atoms with Crippen molar-refractivity contribution in [1.82, 2.24) is 20.3 Å². The lowest BCUT2D eigenvalue weighted by Gasteiger charge is -2.12. The zero-order chi connectivity index (χ0) is 19.6. The molecule has 1 amide bonds. The summed E-state index contributed by atoms with van der Waals surface area (Å²) in [4.78, 5) is 12.6. The van der Waals surface area contributed by atoms with Gasteiger partial charge in [0, 0.05) is 6.54 Å². The Balaban J connectivity index is 1.69. The first kappa shape index (κ1) is 18.8. The predicted molar refractivity (Wildman–Crippen MR) is 108 cm³/mol. The normalized spacial score (nSPS) is 10.9. The van der Waals surface area contributed by atoms with E-state index in [9.17, 15) is 4.79 Å². The molecule has 1 N–H and O–H groups in total. The maximum absolute atomic E-state index is 12.6. The van der Waals surface area contributed by atoms with Gasteiger partial charge in [0.1, 0.15) is 0 Å². The van der Waals surface area contributed by atoms with E-state index in [0.717, 1.165) is 23.4 Å². The molecule has 1 heterocycles. The first-order chi connectivity index (χ1) is 12.9. The molecule has 0 unspecified atom stereocenters. The zero-order valence-corrected chi connectivity index (χ0v) is 16.6. The van der Waals surface area contributed by atoms with Crippen LogP contribution in [-0.4, -0.2) is 27.4 Å².